The molecule has 1 aromatic rings. The number of nitro groups is 1. The molecule has 0 saturated carbocycles. The first-order valence-corrected chi connectivity index (χ1v) is 7.42. The van der Waals surface area contributed by atoms with Gasteiger partial charge in [0.05, 0.1) is 4.92 Å². The summed E-state index contributed by atoms with van der Waals surface area (Å²) in [6, 6.07) is 3.96. The lowest BCUT2D eigenvalue weighted by Crippen LogP contribution is -2.25. The lowest BCUT2D eigenvalue weighted by atomic mass is 10.3. The average Bonchev–Trinajstić information content (AvgIpc) is 2.36. The van der Waals surface area contributed by atoms with Crippen molar-refractivity contribution in [3.05, 3.63) is 28.3 Å². The Balaban J connectivity index is 3.28. The van der Waals surface area contributed by atoms with Crippen LogP contribution in [0.5, 0.6) is 0 Å². The predicted octanol–water partition coefficient (Wildman–Crippen LogP) is 1.71. The number of nitro benzene ring substituents is 1. The van der Waals surface area contributed by atoms with Crippen molar-refractivity contribution < 1.29 is 13.3 Å². The Bertz CT molecular complexity index is 557. The lowest BCUT2D eigenvalue weighted by Gasteiger charge is -2.09. The molecule has 2 N–H and O–H groups in total. The topological polar surface area (TPSA) is 101 Å². The van der Waals surface area contributed by atoms with Gasteiger partial charge in [-0.25, -0.2) is 13.1 Å². The molecule has 1 aromatic carbocycles. The largest absolute Gasteiger partial charge is 0.385 e. The van der Waals surface area contributed by atoms with E-state index in [4.69, 9.17) is 0 Å². The molecule has 0 unspecified atom stereocenters. The highest BCUT2D eigenvalue weighted by molar-refractivity contribution is 7.89. The van der Waals surface area contributed by atoms with Crippen LogP contribution >= 0.6 is 0 Å². The van der Waals surface area contributed by atoms with Crippen molar-refractivity contribution in [2.75, 3.05) is 18.4 Å². The second-order valence-corrected chi connectivity index (χ2v) is 5.60. The van der Waals surface area contributed by atoms with E-state index < -0.39 is 20.6 Å². The monoisotopic (exact) mass is 287 g/mol. The number of sulfonamides is 1. The first-order chi connectivity index (χ1) is 8.92. The molecule has 0 aliphatic heterocycles. The first-order valence-electron chi connectivity index (χ1n) is 5.94. The zero-order chi connectivity index (χ0) is 14.5. The molecule has 0 aromatic heterocycles. The molecule has 106 valence electrons. The highest BCUT2D eigenvalue weighted by atomic mass is 32.2. The van der Waals surface area contributed by atoms with E-state index in [1.54, 1.807) is 0 Å². The fraction of sp³-hybridized carbons (Fsp3) is 0.455. The van der Waals surface area contributed by atoms with E-state index >= 15 is 0 Å². The Morgan fingerprint density at radius 1 is 1.32 bits per heavy atom. The maximum atomic E-state index is 12.0. The van der Waals surface area contributed by atoms with Crippen LogP contribution < -0.4 is 10.0 Å². The van der Waals surface area contributed by atoms with Gasteiger partial charge in [0.2, 0.25) is 10.0 Å². The summed E-state index contributed by atoms with van der Waals surface area (Å²) < 4.78 is 26.4. The molecule has 19 heavy (non-hydrogen) atoms. The Labute approximate surface area is 112 Å². The third-order valence-electron chi connectivity index (χ3n) is 2.37. The van der Waals surface area contributed by atoms with E-state index in [2.05, 4.69) is 10.0 Å². The zero-order valence-electron chi connectivity index (χ0n) is 10.8. The van der Waals surface area contributed by atoms with Gasteiger partial charge in [0, 0.05) is 24.8 Å². The fourth-order valence-corrected chi connectivity index (χ4v) is 2.84. The van der Waals surface area contributed by atoms with E-state index in [1.165, 1.54) is 18.2 Å². The highest BCUT2D eigenvalue weighted by Gasteiger charge is 2.25. The van der Waals surface area contributed by atoms with Gasteiger partial charge in [0.25, 0.3) is 5.69 Å². The van der Waals surface area contributed by atoms with Gasteiger partial charge < -0.3 is 5.32 Å². The molecular formula is C11H17N3O4S. The molecule has 0 aliphatic carbocycles. The van der Waals surface area contributed by atoms with Gasteiger partial charge in [-0.1, -0.05) is 6.92 Å². The minimum atomic E-state index is -3.87. The van der Waals surface area contributed by atoms with E-state index in [1.807, 2.05) is 13.8 Å². The highest BCUT2D eigenvalue weighted by Crippen LogP contribution is 2.26. The number of rotatable bonds is 7. The quantitative estimate of drug-likeness (QED) is 0.587. The summed E-state index contributed by atoms with van der Waals surface area (Å²) in [5, 5.41) is 13.8. The minimum Gasteiger partial charge on any atom is -0.385 e. The molecule has 0 saturated heterocycles. The Morgan fingerprint density at radius 2 is 2.00 bits per heavy atom. The zero-order valence-corrected chi connectivity index (χ0v) is 11.7. The van der Waals surface area contributed by atoms with Crippen molar-refractivity contribution in [3.63, 3.8) is 0 Å². The standard InChI is InChI=1S/C11H17N3O4S/c1-3-7-13-19(17,18)11-8-9(12-4-2)5-6-10(11)14(15)16/h5-6,8,12-13H,3-4,7H2,1-2H3. The van der Waals surface area contributed by atoms with Crippen molar-refractivity contribution in [2.45, 2.75) is 25.2 Å². The molecule has 7 nitrogen and oxygen atoms in total. The number of benzene rings is 1. The molecule has 0 heterocycles. The number of hydrogen-bond donors (Lipinski definition) is 2. The lowest BCUT2D eigenvalue weighted by molar-refractivity contribution is -0.387. The SMILES string of the molecule is CCCNS(=O)(=O)c1cc(NCC)ccc1[N+](=O)[O-]. The van der Waals surface area contributed by atoms with Gasteiger partial charge >= 0.3 is 0 Å². The van der Waals surface area contributed by atoms with Crippen molar-refractivity contribution in [3.8, 4) is 0 Å². The number of nitrogens with zero attached hydrogens (tertiary/aromatic N) is 1. The van der Waals surface area contributed by atoms with Crippen LogP contribution in [0, 0.1) is 10.1 Å². The van der Waals surface area contributed by atoms with Crippen molar-refractivity contribution in [1.29, 1.82) is 0 Å². The summed E-state index contributed by atoms with van der Waals surface area (Å²) in [5.41, 5.74) is 0.107. The fourth-order valence-electron chi connectivity index (χ4n) is 1.51. The molecule has 0 atom stereocenters. The van der Waals surface area contributed by atoms with Gasteiger partial charge in [0.1, 0.15) is 0 Å². The Kier molecular flexibility index (Phi) is 5.25. The van der Waals surface area contributed by atoms with Crippen LogP contribution in [-0.4, -0.2) is 26.4 Å². The van der Waals surface area contributed by atoms with E-state index in [0.717, 1.165) is 0 Å². The van der Waals surface area contributed by atoms with Crippen LogP contribution in [0.4, 0.5) is 11.4 Å². The smallest absolute Gasteiger partial charge is 0.289 e. The van der Waals surface area contributed by atoms with Gasteiger partial charge in [0.15, 0.2) is 4.90 Å². The van der Waals surface area contributed by atoms with E-state index in [0.29, 0.717) is 18.7 Å². The average molecular weight is 287 g/mol. The second kappa shape index (κ2) is 6.48. The first kappa shape index (κ1) is 15.4. The van der Waals surface area contributed by atoms with E-state index in [-0.39, 0.29) is 11.4 Å². The van der Waals surface area contributed by atoms with Crippen LogP contribution in [0.2, 0.25) is 0 Å². The normalized spacial score (nSPS) is 11.3. The van der Waals surface area contributed by atoms with Crippen LogP contribution in [0.25, 0.3) is 0 Å². The van der Waals surface area contributed by atoms with Crippen LogP contribution in [-0.2, 0) is 10.0 Å². The van der Waals surface area contributed by atoms with E-state index in [9.17, 15) is 18.5 Å². The van der Waals surface area contributed by atoms with Gasteiger partial charge in [-0.15, -0.1) is 0 Å². The molecule has 0 aliphatic rings. The summed E-state index contributed by atoms with van der Waals surface area (Å²) in [6.45, 7) is 4.50. The number of nitrogens with one attached hydrogen (secondary N) is 2. The number of hydrogen-bond acceptors (Lipinski definition) is 5. The Morgan fingerprint density at radius 3 is 2.53 bits per heavy atom. The van der Waals surface area contributed by atoms with Crippen LogP contribution in [0.1, 0.15) is 20.3 Å². The molecule has 0 bridgehead atoms. The van der Waals surface area contributed by atoms with Gasteiger partial charge in [-0.05, 0) is 25.5 Å². The van der Waals surface area contributed by atoms with Crippen molar-refractivity contribution in [1.82, 2.24) is 4.72 Å². The third-order valence-corrected chi connectivity index (χ3v) is 3.86. The summed E-state index contributed by atoms with van der Waals surface area (Å²) in [7, 11) is -3.87. The summed E-state index contributed by atoms with van der Waals surface area (Å²) in [6.07, 6.45) is 0.611. The molecule has 8 heteroatoms. The third kappa shape index (κ3) is 3.90. The summed E-state index contributed by atoms with van der Waals surface area (Å²) in [4.78, 5) is 9.89. The molecule has 0 radical (unpaired) electrons. The van der Waals surface area contributed by atoms with Crippen LogP contribution in [0.15, 0.2) is 23.1 Å². The minimum absolute atomic E-state index is 0.241. The second-order valence-electron chi connectivity index (χ2n) is 3.87. The number of anilines is 1. The Hall–Kier alpha value is -1.67. The van der Waals surface area contributed by atoms with Crippen molar-refractivity contribution in [2.24, 2.45) is 0 Å². The molecular weight excluding hydrogens is 270 g/mol. The van der Waals surface area contributed by atoms with Crippen LogP contribution in [0.3, 0.4) is 0 Å². The van der Waals surface area contributed by atoms with Gasteiger partial charge in [-0.3, -0.25) is 10.1 Å². The van der Waals surface area contributed by atoms with Crippen molar-refractivity contribution >= 4 is 21.4 Å². The molecule has 0 fully saturated rings. The molecule has 0 spiro atoms. The molecule has 0 amide bonds. The maximum Gasteiger partial charge on any atom is 0.289 e. The molecule has 1 rings (SSSR count). The summed E-state index contributed by atoms with van der Waals surface area (Å²) >= 11 is 0. The maximum absolute atomic E-state index is 12.0. The summed E-state index contributed by atoms with van der Waals surface area (Å²) in [5.74, 6) is 0. The van der Waals surface area contributed by atoms with Gasteiger partial charge in [-0.2, -0.15) is 0 Å². The predicted molar refractivity (Wildman–Crippen MR) is 72.7 cm³/mol.